The van der Waals surface area contributed by atoms with Gasteiger partial charge in [0.05, 0.1) is 28.0 Å². The van der Waals surface area contributed by atoms with Gasteiger partial charge in [0, 0.05) is 5.69 Å². The molecule has 0 bridgehead atoms. The highest BCUT2D eigenvalue weighted by atomic mass is 32.2. The first-order chi connectivity index (χ1) is 15.7. The fraction of sp³-hybridized carbons (Fsp3) is 0.130. The highest BCUT2D eigenvalue weighted by Crippen LogP contribution is 2.19. The average Bonchev–Trinajstić information content (AvgIpc) is 3.11. The average molecular weight is 471 g/mol. The number of aryl methyl sites for hydroxylation is 1. The van der Waals surface area contributed by atoms with Crippen LogP contribution in [-0.2, 0) is 21.3 Å². The molecule has 33 heavy (non-hydrogen) atoms. The monoisotopic (exact) mass is 471 g/mol. The van der Waals surface area contributed by atoms with Gasteiger partial charge in [-0.1, -0.05) is 12.1 Å². The SMILES string of the molecule is Cc1nc2ccccc2n1CCOC(=O)c1ccc(NS(=O)(=O)c2ccc(F)c(F)c2)cc1. The third-order valence-corrected chi connectivity index (χ3v) is 6.35. The maximum Gasteiger partial charge on any atom is 0.338 e. The van der Waals surface area contributed by atoms with E-state index in [9.17, 15) is 22.0 Å². The zero-order valence-corrected chi connectivity index (χ0v) is 18.3. The van der Waals surface area contributed by atoms with Crippen molar-refractivity contribution >= 4 is 32.7 Å². The van der Waals surface area contributed by atoms with E-state index in [1.807, 2.05) is 35.8 Å². The van der Waals surface area contributed by atoms with Crippen molar-refractivity contribution in [3.63, 3.8) is 0 Å². The Hall–Kier alpha value is -3.79. The van der Waals surface area contributed by atoms with E-state index in [2.05, 4.69) is 9.71 Å². The number of rotatable bonds is 7. The van der Waals surface area contributed by atoms with Gasteiger partial charge in [0.1, 0.15) is 12.4 Å². The maximum absolute atomic E-state index is 13.4. The zero-order valence-electron chi connectivity index (χ0n) is 17.5. The predicted octanol–water partition coefficient (Wildman–Crippen LogP) is 4.28. The number of para-hydroxylation sites is 2. The van der Waals surface area contributed by atoms with Crippen LogP contribution in [-0.4, -0.2) is 30.5 Å². The van der Waals surface area contributed by atoms with Crippen molar-refractivity contribution in [1.29, 1.82) is 0 Å². The molecule has 0 spiro atoms. The summed E-state index contributed by atoms with van der Waals surface area (Å²) in [7, 11) is -4.13. The Morgan fingerprint density at radius 3 is 2.48 bits per heavy atom. The van der Waals surface area contributed by atoms with Crippen LogP contribution in [0.3, 0.4) is 0 Å². The third-order valence-electron chi connectivity index (χ3n) is 4.97. The first kappa shape index (κ1) is 22.4. The largest absolute Gasteiger partial charge is 0.460 e. The molecule has 0 atom stereocenters. The zero-order chi connectivity index (χ0) is 23.6. The highest BCUT2D eigenvalue weighted by Gasteiger charge is 2.17. The van der Waals surface area contributed by atoms with Gasteiger partial charge in [0.15, 0.2) is 11.6 Å². The minimum Gasteiger partial charge on any atom is -0.460 e. The number of carbonyl (C=O) groups is 1. The molecule has 7 nitrogen and oxygen atoms in total. The van der Waals surface area contributed by atoms with E-state index in [4.69, 9.17) is 4.74 Å². The number of nitrogens with zero attached hydrogens (tertiary/aromatic N) is 2. The minimum atomic E-state index is -4.13. The molecule has 1 aromatic heterocycles. The summed E-state index contributed by atoms with van der Waals surface area (Å²) in [5.41, 5.74) is 2.20. The van der Waals surface area contributed by atoms with E-state index < -0.39 is 32.5 Å². The number of imidazole rings is 1. The summed E-state index contributed by atoms with van der Waals surface area (Å²) in [4.78, 5) is 16.4. The van der Waals surface area contributed by atoms with Crippen molar-refractivity contribution in [1.82, 2.24) is 9.55 Å². The summed E-state index contributed by atoms with van der Waals surface area (Å²) in [6.45, 7) is 2.44. The van der Waals surface area contributed by atoms with E-state index in [0.29, 0.717) is 12.6 Å². The van der Waals surface area contributed by atoms with E-state index >= 15 is 0 Å². The molecule has 3 aromatic carbocycles. The molecule has 1 N–H and O–H groups in total. The van der Waals surface area contributed by atoms with Gasteiger partial charge in [0.2, 0.25) is 0 Å². The molecule has 10 heteroatoms. The summed E-state index contributed by atoms with van der Waals surface area (Å²) in [5.74, 6) is -2.17. The molecule has 0 aliphatic rings. The lowest BCUT2D eigenvalue weighted by atomic mass is 10.2. The van der Waals surface area contributed by atoms with E-state index in [0.717, 1.165) is 29.0 Å². The van der Waals surface area contributed by atoms with Gasteiger partial charge >= 0.3 is 5.97 Å². The van der Waals surface area contributed by atoms with Crippen LogP contribution < -0.4 is 4.72 Å². The van der Waals surface area contributed by atoms with Crippen LogP contribution >= 0.6 is 0 Å². The Morgan fingerprint density at radius 1 is 1.03 bits per heavy atom. The Morgan fingerprint density at radius 2 is 1.76 bits per heavy atom. The van der Waals surface area contributed by atoms with Crippen LogP contribution in [0, 0.1) is 18.6 Å². The fourth-order valence-electron chi connectivity index (χ4n) is 3.32. The topological polar surface area (TPSA) is 90.3 Å². The Bertz CT molecular complexity index is 1430. The van der Waals surface area contributed by atoms with Gasteiger partial charge < -0.3 is 9.30 Å². The van der Waals surface area contributed by atoms with Crippen LogP contribution in [0.5, 0.6) is 0 Å². The lowest BCUT2D eigenvalue weighted by Gasteiger charge is -2.10. The molecular weight excluding hydrogens is 452 g/mol. The van der Waals surface area contributed by atoms with Crippen molar-refractivity contribution in [2.75, 3.05) is 11.3 Å². The fourth-order valence-corrected chi connectivity index (χ4v) is 4.39. The van der Waals surface area contributed by atoms with Crippen LogP contribution in [0.1, 0.15) is 16.2 Å². The lowest BCUT2D eigenvalue weighted by Crippen LogP contribution is -2.14. The molecule has 0 fully saturated rings. The molecule has 4 aromatic rings. The maximum atomic E-state index is 13.4. The number of hydrogen-bond donors (Lipinski definition) is 1. The highest BCUT2D eigenvalue weighted by molar-refractivity contribution is 7.92. The van der Waals surface area contributed by atoms with E-state index in [1.54, 1.807) is 0 Å². The molecule has 0 saturated heterocycles. The van der Waals surface area contributed by atoms with Crippen LogP contribution in [0.4, 0.5) is 14.5 Å². The van der Waals surface area contributed by atoms with Gasteiger partial charge in [-0.3, -0.25) is 4.72 Å². The molecule has 0 aliphatic carbocycles. The van der Waals surface area contributed by atoms with Gasteiger partial charge in [0.25, 0.3) is 10.0 Å². The summed E-state index contributed by atoms with van der Waals surface area (Å²) in [6.07, 6.45) is 0. The lowest BCUT2D eigenvalue weighted by molar-refractivity contribution is 0.0491. The molecular formula is C23H19F2N3O4S. The number of hydrogen-bond acceptors (Lipinski definition) is 5. The normalized spacial score (nSPS) is 11.5. The van der Waals surface area contributed by atoms with E-state index in [-0.39, 0.29) is 17.9 Å². The number of fused-ring (bicyclic) bond motifs is 1. The predicted molar refractivity (Wildman–Crippen MR) is 118 cm³/mol. The van der Waals surface area contributed by atoms with Crippen LogP contribution in [0.2, 0.25) is 0 Å². The smallest absolute Gasteiger partial charge is 0.338 e. The number of anilines is 1. The first-order valence-corrected chi connectivity index (χ1v) is 11.4. The van der Waals surface area contributed by atoms with Crippen molar-refractivity contribution in [3.05, 3.63) is 89.8 Å². The van der Waals surface area contributed by atoms with Gasteiger partial charge in [-0.15, -0.1) is 0 Å². The quantitative estimate of drug-likeness (QED) is 0.407. The number of sulfonamides is 1. The third kappa shape index (κ3) is 4.85. The number of carbonyl (C=O) groups excluding carboxylic acids is 1. The van der Waals surface area contributed by atoms with Gasteiger partial charge in [-0.2, -0.15) is 0 Å². The van der Waals surface area contributed by atoms with Crippen molar-refractivity contribution in [2.24, 2.45) is 0 Å². The molecule has 0 radical (unpaired) electrons. The Labute approximate surface area is 188 Å². The van der Waals surface area contributed by atoms with Crippen molar-refractivity contribution < 1.29 is 26.7 Å². The molecule has 0 aliphatic heterocycles. The van der Waals surface area contributed by atoms with E-state index in [1.165, 1.54) is 24.3 Å². The number of ether oxygens (including phenoxy) is 1. The summed E-state index contributed by atoms with van der Waals surface area (Å²) in [5, 5.41) is 0. The molecule has 4 rings (SSSR count). The summed E-state index contributed by atoms with van der Waals surface area (Å²) >= 11 is 0. The van der Waals surface area contributed by atoms with Crippen molar-refractivity contribution in [2.45, 2.75) is 18.4 Å². The van der Waals surface area contributed by atoms with Crippen LogP contribution in [0.25, 0.3) is 11.0 Å². The standard InChI is InChI=1S/C23H19F2N3O4S/c1-15-26-21-4-2-3-5-22(21)28(15)12-13-32-23(29)16-6-8-17(9-7-16)27-33(30,31)18-10-11-19(24)20(25)14-18/h2-11,14,27H,12-13H2,1H3. The summed E-state index contributed by atoms with van der Waals surface area (Å²) in [6, 6.07) is 15.5. The molecule has 170 valence electrons. The summed E-state index contributed by atoms with van der Waals surface area (Å²) < 4.78 is 60.7. The number of aromatic nitrogens is 2. The Kier molecular flexibility index (Phi) is 6.10. The number of benzene rings is 3. The van der Waals surface area contributed by atoms with Gasteiger partial charge in [-0.25, -0.2) is 27.0 Å². The molecule has 0 saturated carbocycles. The van der Waals surface area contributed by atoms with Crippen molar-refractivity contribution in [3.8, 4) is 0 Å². The number of halogens is 2. The second-order valence-electron chi connectivity index (χ2n) is 7.19. The molecule has 0 unspecified atom stereocenters. The number of nitrogens with one attached hydrogen (secondary N) is 1. The second-order valence-corrected chi connectivity index (χ2v) is 8.88. The minimum absolute atomic E-state index is 0.130. The van der Waals surface area contributed by atoms with Gasteiger partial charge in [-0.05, 0) is 61.5 Å². The first-order valence-electron chi connectivity index (χ1n) is 9.91. The number of esters is 1. The Balaban J connectivity index is 1.38. The molecule has 1 heterocycles. The molecule has 0 amide bonds. The second kappa shape index (κ2) is 8.99. The van der Waals surface area contributed by atoms with Crippen LogP contribution in [0.15, 0.2) is 71.6 Å².